The predicted octanol–water partition coefficient (Wildman–Crippen LogP) is 0.109. The Morgan fingerprint density at radius 2 is 2.22 bits per heavy atom. The van der Waals surface area contributed by atoms with E-state index in [9.17, 15) is 14.4 Å². The Bertz CT molecular complexity index is 336. The smallest absolute Gasteiger partial charge is 0.327 e. The van der Waals surface area contributed by atoms with E-state index in [4.69, 9.17) is 9.84 Å². The lowest BCUT2D eigenvalue weighted by Crippen LogP contribution is -2.47. The van der Waals surface area contributed by atoms with Gasteiger partial charge in [0, 0.05) is 12.3 Å². The van der Waals surface area contributed by atoms with Crippen molar-refractivity contribution >= 4 is 29.7 Å². The van der Waals surface area contributed by atoms with Gasteiger partial charge in [-0.1, -0.05) is 0 Å². The number of carbonyl (C=O) groups excluding carboxylic acids is 2. The first kappa shape index (κ1) is 14.6. The quantitative estimate of drug-likeness (QED) is 0.692. The Morgan fingerprint density at radius 1 is 1.50 bits per heavy atom. The molecule has 0 aromatic rings. The van der Waals surface area contributed by atoms with Crippen LogP contribution in [-0.4, -0.2) is 58.8 Å². The van der Waals surface area contributed by atoms with E-state index in [1.807, 2.05) is 0 Å². The lowest BCUT2D eigenvalue weighted by Gasteiger charge is -2.20. The third-order valence-corrected chi connectivity index (χ3v) is 3.35. The van der Waals surface area contributed by atoms with E-state index in [2.05, 4.69) is 5.32 Å². The average molecular weight is 276 g/mol. The van der Waals surface area contributed by atoms with Crippen molar-refractivity contribution in [1.82, 2.24) is 10.2 Å². The number of carbonyl (C=O) groups is 3. The second-order valence-electron chi connectivity index (χ2n) is 3.61. The van der Waals surface area contributed by atoms with Gasteiger partial charge in [0.2, 0.25) is 0 Å². The lowest BCUT2D eigenvalue weighted by molar-refractivity contribution is -0.143. The number of hydrogen-bond acceptors (Lipinski definition) is 5. The zero-order valence-corrected chi connectivity index (χ0v) is 10.9. The molecule has 1 aliphatic rings. The Balaban J connectivity index is 2.32. The normalized spacial score (nSPS) is 18.5. The minimum atomic E-state index is -1.01. The van der Waals surface area contributed by atoms with Crippen LogP contribution < -0.4 is 5.32 Å². The molecule has 0 unspecified atom stereocenters. The van der Waals surface area contributed by atoms with E-state index in [0.717, 1.165) is 0 Å². The van der Waals surface area contributed by atoms with Gasteiger partial charge in [-0.2, -0.15) is 0 Å². The summed E-state index contributed by atoms with van der Waals surface area (Å²) in [6.07, 6.45) is 0.0816. The summed E-state index contributed by atoms with van der Waals surface area (Å²) < 4.78 is 4.71. The fourth-order valence-corrected chi connectivity index (χ4v) is 2.60. The lowest BCUT2D eigenvalue weighted by atomic mass is 10.3. The number of ether oxygens (including phenoxy) is 1. The van der Waals surface area contributed by atoms with Gasteiger partial charge >= 0.3 is 18.0 Å². The van der Waals surface area contributed by atoms with E-state index >= 15 is 0 Å². The standard InChI is InChI=1S/C10H16N2O5S/c1-2-17-8(13)3-4-11-10(16)12-6-18-5-7(12)9(14)15/h7H,2-6H2,1H3,(H,11,16)(H,14,15)/t7-/m0/s1. The Hall–Kier alpha value is -1.44. The number of aliphatic carboxylic acids is 1. The average Bonchev–Trinajstić information content (AvgIpc) is 2.78. The molecular weight excluding hydrogens is 260 g/mol. The predicted molar refractivity (Wildman–Crippen MR) is 65.2 cm³/mol. The molecule has 8 heteroatoms. The van der Waals surface area contributed by atoms with Gasteiger partial charge in [-0.3, -0.25) is 4.79 Å². The van der Waals surface area contributed by atoms with Crippen molar-refractivity contribution in [2.75, 3.05) is 24.8 Å². The molecule has 0 aliphatic carbocycles. The van der Waals surface area contributed by atoms with E-state index in [-0.39, 0.29) is 18.9 Å². The van der Waals surface area contributed by atoms with Crippen molar-refractivity contribution < 1.29 is 24.2 Å². The van der Waals surface area contributed by atoms with Crippen LogP contribution in [0.5, 0.6) is 0 Å². The van der Waals surface area contributed by atoms with Crippen LogP contribution in [0.4, 0.5) is 4.79 Å². The van der Waals surface area contributed by atoms with Crippen molar-refractivity contribution in [2.45, 2.75) is 19.4 Å². The van der Waals surface area contributed by atoms with Crippen LogP contribution in [0, 0.1) is 0 Å². The molecule has 1 fully saturated rings. The number of urea groups is 1. The van der Waals surface area contributed by atoms with E-state index < -0.39 is 18.0 Å². The fraction of sp³-hybridized carbons (Fsp3) is 0.700. The van der Waals surface area contributed by atoms with Crippen LogP contribution >= 0.6 is 11.8 Å². The maximum Gasteiger partial charge on any atom is 0.327 e. The van der Waals surface area contributed by atoms with Crippen LogP contribution in [0.15, 0.2) is 0 Å². The SMILES string of the molecule is CCOC(=O)CCNC(=O)N1CSC[C@H]1C(=O)O. The molecule has 1 heterocycles. The third kappa shape index (κ3) is 4.10. The zero-order chi connectivity index (χ0) is 13.5. The number of carboxylic acid groups (broad SMARTS) is 1. The summed E-state index contributed by atoms with van der Waals surface area (Å²) in [5.74, 6) is -0.660. The highest BCUT2D eigenvalue weighted by Crippen LogP contribution is 2.20. The van der Waals surface area contributed by atoms with Gasteiger partial charge in [0.1, 0.15) is 6.04 Å². The largest absolute Gasteiger partial charge is 0.480 e. The van der Waals surface area contributed by atoms with Gasteiger partial charge in [-0.15, -0.1) is 11.8 Å². The minimum Gasteiger partial charge on any atom is -0.480 e. The summed E-state index contributed by atoms with van der Waals surface area (Å²) in [6.45, 7) is 2.15. The van der Waals surface area contributed by atoms with Crippen molar-refractivity contribution in [3.8, 4) is 0 Å². The van der Waals surface area contributed by atoms with Crippen LogP contribution in [-0.2, 0) is 14.3 Å². The monoisotopic (exact) mass is 276 g/mol. The molecule has 0 bridgehead atoms. The van der Waals surface area contributed by atoms with Gasteiger partial charge in [0.25, 0.3) is 0 Å². The van der Waals surface area contributed by atoms with Crippen LogP contribution in [0.3, 0.4) is 0 Å². The number of thioether (sulfide) groups is 1. The summed E-state index contributed by atoms with van der Waals surface area (Å²) in [5.41, 5.74) is 0. The summed E-state index contributed by atoms with van der Waals surface area (Å²) in [4.78, 5) is 34.8. The maximum absolute atomic E-state index is 11.7. The molecule has 102 valence electrons. The van der Waals surface area contributed by atoms with Crippen molar-refractivity contribution in [3.05, 3.63) is 0 Å². The number of hydrogen-bond donors (Lipinski definition) is 2. The highest BCUT2D eigenvalue weighted by Gasteiger charge is 2.34. The maximum atomic E-state index is 11.7. The first-order chi connectivity index (χ1) is 8.56. The number of rotatable bonds is 5. The molecule has 1 rings (SSSR count). The molecule has 1 aliphatic heterocycles. The molecule has 18 heavy (non-hydrogen) atoms. The molecule has 0 aromatic carbocycles. The topological polar surface area (TPSA) is 95.9 Å². The molecule has 2 amide bonds. The van der Waals surface area contributed by atoms with Gasteiger partial charge in [-0.05, 0) is 6.92 Å². The van der Waals surface area contributed by atoms with E-state index in [1.165, 1.54) is 16.7 Å². The number of amides is 2. The van der Waals surface area contributed by atoms with Gasteiger partial charge in [0.05, 0.1) is 18.9 Å². The summed E-state index contributed by atoms with van der Waals surface area (Å²) in [7, 11) is 0. The van der Waals surface area contributed by atoms with Crippen molar-refractivity contribution in [3.63, 3.8) is 0 Å². The molecule has 2 N–H and O–H groups in total. The minimum absolute atomic E-state index is 0.0816. The molecule has 0 radical (unpaired) electrons. The van der Waals surface area contributed by atoms with Crippen molar-refractivity contribution in [1.29, 1.82) is 0 Å². The van der Waals surface area contributed by atoms with E-state index in [1.54, 1.807) is 6.92 Å². The number of esters is 1. The molecule has 1 saturated heterocycles. The highest BCUT2D eigenvalue weighted by atomic mass is 32.2. The summed E-state index contributed by atoms with van der Waals surface area (Å²) in [6, 6.07) is -1.26. The second-order valence-corrected chi connectivity index (χ2v) is 4.61. The van der Waals surface area contributed by atoms with Gasteiger partial charge in [-0.25, -0.2) is 9.59 Å². The Labute approximate surface area is 109 Å². The number of nitrogens with zero attached hydrogens (tertiary/aromatic N) is 1. The summed E-state index contributed by atoms with van der Waals surface area (Å²) >= 11 is 1.39. The molecule has 7 nitrogen and oxygen atoms in total. The molecule has 0 aromatic heterocycles. The Morgan fingerprint density at radius 3 is 2.83 bits per heavy atom. The Kier molecular flexibility index (Phi) is 5.76. The molecular formula is C10H16N2O5S. The first-order valence-corrected chi connectivity index (χ1v) is 6.72. The molecule has 0 saturated carbocycles. The first-order valence-electron chi connectivity index (χ1n) is 5.57. The van der Waals surface area contributed by atoms with E-state index in [0.29, 0.717) is 18.2 Å². The van der Waals surface area contributed by atoms with Crippen LogP contribution in [0.1, 0.15) is 13.3 Å². The molecule has 1 atom stereocenters. The number of nitrogens with one attached hydrogen (secondary N) is 1. The third-order valence-electron chi connectivity index (χ3n) is 2.34. The molecule has 0 spiro atoms. The fourth-order valence-electron chi connectivity index (χ4n) is 1.45. The highest BCUT2D eigenvalue weighted by molar-refractivity contribution is 7.99. The van der Waals surface area contributed by atoms with Crippen LogP contribution in [0.2, 0.25) is 0 Å². The van der Waals surface area contributed by atoms with Crippen LogP contribution in [0.25, 0.3) is 0 Å². The number of carboxylic acids is 1. The van der Waals surface area contributed by atoms with Gasteiger partial charge < -0.3 is 20.1 Å². The van der Waals surface area contributed by atoms with Gasteiger partial charge in [0.15, 0.2) is 0 Å². The zero-order valence-electron chi connectivity index (χ0n) is 10.0. The van der Waals surface area contributed by atoms with Crippen molar-refractivity contribution in [2.24, 2.45) is 0 Å². The second kappa shape index (κ2) is 7.10. The summed E-state index contributed by atoms with van der Waals surface area (Å²) in [5, 5.41) is 11.4.